The summed E-state index contributed by atoms with van der Waals surface area (Å²) in [6.07, 6.45) is 4.76. The van der Waals surface area contributed by atoms with Gasteiger partial charge in [0.2, 0.25) is 5.91 Å². The molecule has 0 aliphatic carbocycles. The number of H-pyrrole nitrogens is 1. The Kier molecular flexibility index (Phi) is 4.55. The molecule has 0 atom stereocenters. The number of halogens is 1. The van der Waals surface area contributed by atoms with E-state index in [1.807, 2.05) is 30.5 Å². The van der Waals surface area contributed by atoms with Crippen LogP contribution in [-0.4, -0.2) is 21.1 Å². The number of carbonyl (C=O) groups is 1. The van der Waals surface area contributed by atoms with Gasteiger partial charge in [-0.1, -0.05) is 23.7 Å². The molecule has 3 aromatic rings. The molecule has 0 aliphatic rings. The first kappa shape index (κ1) is 15.5. The Labute approximate surface area is 142 Å². The molecular weight excluding hydrogens is 332 g/mol. The molecule has 0 unspecified atom stereocenters. The van der Waals surface area contributed by atoms with E-state index in [2.05, 4.69) is 20.5 Å². The van der Waals surface area contributed by atoms with Crippen LogP contribution < -0.4 is 5.32 Å². The van der Waals surface area contributed by atoms with Gasteiger partial charge in [-0.2, -0.15) is 5.10 Å². The first-order valence-corrected chi connectivity index (χ1v) is 8.08. The fourth-order valence-corrected chi connectivity index (χ4v) is 2.81. The summed E-state index contributed by atoms with van der Waals surface area (Å²) in [6.45, 7) is 1.92. The molecule has 0 spiro atoms. The standard InChI is InChI=1S/C16H13ClN4OS/c1-10-19-13(9-23-10)5-6-15(22)20-16-14(8-18-21-16)11-3-2-4-12(17)7-11/h2-9H,1H3,(H2,18,20,21,22). The maximum absolute atomic E-state index is 12.0. The van der Waals surface area contributed by atoms with E-state index in [-0.39, 0.29) is 5.91 Å². The van der Waals surface area contributed by atoms with E-state index in [0.717, 1.165) is 21.8 Å². The van der Waals surface area contributed by atoms with Gasteiger partial charge in [-0.3, -0.25) is 9.89 Å². The summed E-state index contributed by atoms with van der Waals surface area (Å²) in [4.78, 5) is 16.3. The maximum Gasteiger partial charge on any atom is 0.249 e. The van der Waals surface area contributed by atoms with E-state index in [0.29, 0.717) is 10.8 Å². The Morgan fingerprint density at radius 2 is 2.30 bits per heavy atom. The van der Waals surface area contributed by atoms with E-state index in [9.17, 15) is 4.79 Å². The Morgan fingerprint density at radius 1 is 1.43 bits per heavy atom. The van der Waals surface area contributed by atoms with Crippen LogP contribution in [0.15, 0.2) is 41.9 Å². The molecule has 2 heterocycles. The lowest BCUT2D eigenvalue weighted by Gasteiger charge is -2.04. The smallest absolute Gasteiger partial charge is 0.249 e. The second kappa shape index (κ2) is 6.76. The van der Waals surface area contributed by atoms with Crippen LogP contribution in [0.3, 0.4) is 0 Å². The number of nitrogens with zero attached hydrogens (tertiary/aromatic N) is 2. The summed E-state index contributed by atoms with van der Waals surface area (Å²) in [5.41, 5.74) is 2.42. The molecule has 1 amide bonds. The lowest BCUT2D eigenvalue weighted by Crippen LogP contribution is -2.09. The number of carbonyl (C=O) groups excluding carboxylic acids is 1. The van der Waals surface area contributed by atoms with Crippen molar-refractivity contribution in [2.75, 3.05) is 5.32 Å². The first-order chi connectivity index (χ1) is 11.1. The molecule has 116 valence electrons. The van der Waals surface area contributed by atoms with Crippen LogP contribution in [0.4, 0.5) is 5.82 Å². The number of aryl methyl sites for hydroxylation is 1. The van der Waals surface area contributed by atoms with E-state index >= 15 is 0 Å². The van der Waals surface area contributed by atoms with Crippen molar-refractivity contribution in [2.45, 2.75) is 6.92 Å². The van der Waals surface area contributed by atoms with Crippen molar-refractivity contribution in [1.82, 2.24) is 15.2 Å². The van der Waals surface area contributed by atoms with Gasteiger partial charge in [-0.25, -0.2) is 4.98 Å². The third-order valence-corrected chi connectivity index (χ3v) is 4.09. The average molecular weight is 345 g/mol. The highest BCUT2D eigenvalue weighted by Crippen LogP contribution is 2.27. The molecule has 1 aromatic carbocycles. The fourth-order valence-electron chi connectivity index (χ4n) is 2.04. The number of hydrogen-bond acceptors (Lipinski definition) is 4. The Hall–Kier alpha value is -2.44. The summed E-state index contributed by atoms with van der Waals surface area (Å²) >= 11 is 7.54. The van der Waals surface area contributed by atoms with Crippen molar-refractivity contribution < 1.29 is 4.79 Å². The Balaban J connectivity index is 1.75. The zero-order valence-corrected chi connectivity index (χ0v) is 13.8. The van der Waals surface area contributed by atoms with Gasteiger partial charge < -0.3 is 5.32 Å². The number of anilines is 1. The summed E-state index contributed by atoms with van der Waals surface area (Å²) in [5, 5.41) is 13.0. The zero-order valence-electron chi connectivity index (χ0n) is 12.2. The third-order valence-electron chi connectivity index (χ3n) is 3.07. The van der Waals surface area contributed by atoms with Crippen LogP contribution in [0.1, 0.15) is 10.7 Å². The van der Waals surface area contributed by atoms with E-state index in [1.54, 1.807) is 18.3 Å². The van der Waals surface area contributed by atoms with Gasteiger partial charge in [0.05, 0.1) is 16.9 Å². The van der Waals surface area contributed by atoms with Gasteiger partial charge in [0, 0.05) is 22.0 Å². The number of aromatic nitrogens is 3. The molecule has 0 radical (unpaired) electrons. The molecule has 5 nitrogen and oxygen atoms in total. The maximum atomic E-state index is 12.0. The summed E-state index contributed by atoms with van der Waals surface area (Å²) in [5.74, 6) is 0.263. The van der Waals surface area contributed by atoms with Crippen molar-refractivity contribution in [3.8, 4) is 11.1 Å². The van der Waals surface area contributed by atoms with Crippen molar-refractivity contribution >= 4 is 40.7 Å². The number of rotatable bonds is 4. The Morgan fingerprint density at radius 3 is 3.04 bits per heavy atom. The molecule has 0 saturated heterocycles. The number of nitrogens with one attached hydrogen (secondary N) is 2. The molecule has 23 heavy (non-hydrogen) atoms. The molecule has 2 aromatic heterocycles. The third kappa shape index (κ3) is 3.85. The van der Waals surface area contributed by atoms with Gasteiger partial charge in [0.15, 0.2) is 0 Å². The SMILES string of the molecule is Cc1nc(C=CC(=O)Nc2[nH]ncc2-c2cccc(Cl)c2)cs1. The van der Waals surface area contributed by atoms with E-state index < -0.39 is 0 Å². The van der Waals surface area contributed by atoms with Gasteiger partial charge in [-0.15, -0.1) is 11.3 Å². The minimum absolute atomic E-state index is 0.261. The predicted molar refractivity (Wildman–Crippen MR) is 93.5 cm³/mol. The lowest BCUT2D eigenvalue weighted by atomic mass is 10.1. The van der Waals surface area contributed by atoms with Crippen LogP contribution >= 0.6 is 22.9 Å². The number of thiazole rings is 1. The molecule has 0 aliphatic heterocycles. The van der Waals surface area contributed by atoms with Crippen LogP contribution in [0.2, 0.25) is 5.02 Å². The number of benzene rings is 1. The predicted octanol–water partition coefficient (Wildman–Crippen LogP) is 4.15. The monoisotopic (exact) mass is 344 g/mol. The second-order valence-electron chi connectivity index (χ2n) is 4.78. The van der Waals surface area contributed by atoms with Gasteiger partial charge in [-0.05, 0) is 30.7 Å². The molecular formula is C16H13ClN4OS. The van der Waals surface area contributed by atoms with Crippen LogP contribution in [0.25, 0.3) is 17.2 Å². The highest BCUT2D eigenvalue weighted by molar-refractivity contribution is 7.09. The molecule has 2 N–H and O–H groups in total. The molecule has 7 heteroatoms. The van der Waals surface area contributed by atoms with E-state index in [4.69, 9.17) is 11.6 Å². The first-order valence-electron chi connectivity index (χ1n) is 6.82. The average Bonchev–Trinajstić information content (AvgIpc) is 3.14. The normalized spacial score (nSPS) is 11.0. The van der Waals surface area contributed by atoms with Crippen molar-refractivity contribution in [3.05, 3.63) is 57.6 Å². The summed E-state index contributed by atoms with van der Waals surface area (Å²) in [6, 6.07) is 7.36. The zero-order chi connectivity index (χ0) is 16.2. The fraction of sp³-hybridized carbons (Fsp3) is 0.0625. The lowest BCUT2D eigenvalue weighted by molar-refractivity contribution is -0.111. The van der Waals surface area contributed by atoms with Crippen LogP contribution in [0, 0.1) is 6.92 Å². The van der Waals surface area contributed by atoms with Crippen molar-refractivity contribution in [2.24, 2.45) is 0 Å². The number of hydrogen-bond donors (Lipinski definition) is 2. The largest absolute Gasteiger partial charge is 0.307 e. The molecule has 0 bridgehead atoms. The van der Waals surface area contributed by atoms with Gasteiger partial charge >= 0.3 is 0 Å². The quantitative estimate of drug-likeness (QED) is 0.698. The van der Waals surface area contributed by atoms with Crippen LogP contribution in [-0.2, 0) is 4.79 Å². The summed E-state index contributed by atoms with van der Waals surface area (Å²) in [7, 11) is 0. The number of amides is 1. The van der Waals surface area contributed by atoms with Crippen molar-refractivity contribution in [1.29, 1.82) is 0 Å². The van der Waals surface area contributed by atoms with Crippen LogP contribution in [0.5, 0.6) is 0 Å². The topological polar surface area (TPSA) is 70.7 Å². The highest BCUT2D eigenvalue weighted by atomic mass is 35.5. The second-order valence-corrected chi connectivity index (χ2v) is 6.28. The minimum atomic E-state index is -0.261. The minimum Gasteiger partial charge on any atom is -0.307 e. The van der Waals surface area contributed by atoms with Gasteiger partial charge in [0.1, 0.15) is 5.82 Å². The van der Waals surface area contributed by atoms with E-state index in [1.165, 1.54) is 17.4 Å². The summed E-state index contributed by atoms with van der Waals surface area (Å²) < 4.78 is 0. The Bertz CT molecular complexity index is 868. The molecule has 0 fully saturated rings. The highest BCUT2D eigenvalue weighted by Gasteiger charge is 2.10. The number of aromatic amines is 1. The molecule has 3 rings (SSSR count). The van der Waals surface area contributed by atoms with Gasteiger partial charge in [0.25, 0.3) is 0 Å². The van der Waals surface area contributed by atoms with Crippen molar-refractivity contribution in [3.63, 3.8) is 0 Å². The molecule has 0 saturated carbocycles.